The van der Waals surface area contributed by atoms with E-state index in [1.165, 1.54) is 18.3 Å². The molecule has 3 heteroatoms. The number of anilines is 1. The highest BCUT2D eigenvalue weighted by molar-refractivity contribution is 6.13. The van der Waals surface area contributed by atoms with Crippen LogP contribution in [0.2, 0.25) is 0 Å². The Balaban J connectivity index is 1.82. The summed E-state index contributed by atoms with van der Waals surface area (Å²) in [7, 11) is 0. The number of ketones is 1. The third-order valence-corrected chi connectivity index (χ3v) is 3.40. The molecule has 3 rings (SSSR count). The molecule has 0 atom stereocenters. The Morgan fingerprint density at radius 1 is 0.909 bits per heavy atom. The molecule has 1 N–H and O–H groups in total. The van der Waals surface area contributed by atoms with Gasteiger partial charge in [-0.1, -0.05) is 54.6 Å². The molecule has 0 aliphatic carbocycles. The topological polar surface area (TPSA) is 29.1 Å². The van der Waals surface area contributed by atoms with E-state index in [0.29, 0.717) is 11.3 Å². The molecule has 22 heavy (non-hydrogen) atoms. The Hall–Kier alpha value is -2.94. The molecule has 0 bridgehead atoms. The minimum Gasteiger partial charge on any atom is -0.359 e. The van der Waals surface area contributed by atoms with E-state index in [2.05, 4.69) is 5.32 Å². The van der Waals surface area contributed by atoms with E-state index in [4.69, 9.17) is 0 Å². The second kappa shape index (κ2) is 6.22. The van der Waals surface area contributed by atoms with Gasteiger partial charge in [-0.3, -0.25) is 4.79 Å². The van der Waals surface area contributed by atoms with Gasteiger partial charge in [-0.05, 0) is 22.9 Å². The summed E-state index contributed by atoms with van der Waals surface area (Å²) in [5, 5.41) is 4.71. The predicted molar refractivity (Wildman–Crippen MR) is 87.4 cm³/mol. The normalized spacial score (nSPS) is 11.0. The number of nitrogens with one attached hydrogen (secondary N) is 1. The van der Waals surface area contributed by atoms with Crippen molar-refractivity contribution >= 4 is 22.2 Å². The third-order valence-electron chi connectivity index (χ3n) is 3.40. The second-order valence-electron chi connectivity index (χ2n) is 4.85. The fraction of sp³-hybridized carbons (Fsp3) is 0. The molecule has 2 nitrogen and oxygen atoms in total. The minimum atomic E-state index is -0.357. The molecule has 0 aromatic heterocycles. The molecule has 0 aliphatic heterocycles. The SMILES string of the molecule is O=C(/C=C/Nc1ccccc1F)c1cccc2ccccc12. The van der Waals surface area contributed by atoms with Gasteiger partial charge in [-0.2, -0.15) is 0 Å². The first kappa shape index (κ1) is 14.0. The highest BCUT2D eigenvalue weighted by Gasteiger charge is 2.06. The van der Waals surface area contributed by atoms with Gasteiger partial charge in [0.25, 0.3) is 0 Å². The Kier molecular flexibility index (Phi) is 3.97. The smallest absolute Gasteiger partial charge is 0.187 e. The molecule has 0 radical (unpaired) electrons. The van der Waals surface area contributed by atoms with Crippen molar-refractivity contribution in [2.75, 3.05) is 5.32 Å². The van der Waals surface area contributed by atoms with Crippen LogP contribution in [0.5, 0.6) is 0 Å². The van der Waals surface area contributed by atoms with Crippen LogP contribution in [0.15, 0.2) is 79.0 Å². The lowest BCUT2D eigenvalue weighted by Crippen LogP contribution is -1.98. The molecular formula is C19H14FNO. The maximum atomic E-state index is 13.5. The van der Waals surface area contributed by atoms with Crippen LogP contribution in [0.3, 0.4) is 0 Å². The van der Waals surface area contributed by atoms with E-state index >= 15 is 0 Å². The number of rotatable bonds is 4. The lowest BCUT2D eigenvalue weighted by Gasteiger charge is -2.04. The van der Waals surface area contributed by atoms with Crippen molar-refractivity contribution in [1.29, 1.82) is 0 Å². The van der Waals surface area contributed by atoms with Crippen molar-refractivity contribution in [3.05, 3.63) is 90.4 Å². The summed E-state index contributed by atoms with van der Waals surface area (Å²) in [6.07, 6.45) is 2.87. The molecule has 0 spiro atoms. The monoisotopic (exact) mass is 291 g/mol. The van der Waals surface area contributed by atoms with Crippen molar-refractivity contribution in [3.63, 3.8) is 0 Å². The van der Waals surface area contributed by atoms with E-state index in [1.54, 1.807) is 24.3 Å². The van der Waals surface area contributed by atoms with E-state index in [-0.39, 0.29) is 11.6 Å². The van der Waals surface area contributed by atoms with Gasteiger partial charge in [0.05, 0.1) is 5.69 Å². The zero-order valence-electron chi connectivity index (χ0n) is 11.8. The number of benzene rings is 3. The van der Waals surface area contributed by atoms with E-state index in [0.717, 1.165) is 10.8 Å². The molecule has 0 unspecified atom stereocenters. The number of hydrogen-bond donors (Lipinski definition) is 1. The van der Waals surface area contributed by atoms with Gasteiger partial charge in [0.1, 0.15) is 5.82 Å². The Morgan fingerprint density at radius 3 is 2.50 bits per heavy atom. The zero-order valence-corrected chi connectivity index (χ0v) is 11.8. The highest BCUT2D eigenvalue weighted by Crippen LogP contribution is 2.19. The van der Waals surface area contributed by atoms with E-state index in [1.807, 2.05) is 36.4 Å². The quantitative estimate of drug-likeness (QED) is 0.553. The first-order chi connectivity index (χ1) is 10.8. The summed E-state index contributed by atoms with van der Waals surface area (Å²) in [6, 6.07) is 19.7. The number of carbonyl (C=O) groups is 1. The number of para-hydroxylation sites is 1. The molecule has 3 aromatic rings. The van der Waals surface area contributed by atoms with Crippen LogP contribution in [-0.2, 0) is 0 Å². The fourth-order valence-electron chi connectivity index (χ4n) is 2.32. The molecule has 0 aliphatic rings. The average molecular weight is 291 g/mol. The first-order valence-electron chi connectivity index (χ1n) is 6.95. The minimum absolute atomic E-state index is 0.124. The van der Waals surface area contributed by atoms with Crippen molar-refractivity contribution in [3.8, 4) is 0 Å². The Labute approximate surface area is 127 Å². The molecule has 108 valence electrons. The molecule has 0 heterocycles. The number of hydrogen-bond acceptors (Lipinski definition) is 2. The Morgan fingerprint density at radius 2 is 1.64 bits per heavy atom. The lowest BCUT2D eigenvalue weighted by atomic mass is 10.0. The van der Waals surface area contributed by atoms with Crippen LogP contribution >= 0.6 is 0 Å². The van der Waals surface area contributed by atoms with Gasteiger partial charge in [0.15, 0.2) is 5.78 Å². The number of halogens is 1. The van der Waals surface area contributed by atoms with Crippen molar-refractivity contribution in [2.24, 2.45) is 0 Å². The standard InChI is InChI=1S/C19H14FNO/c20-17-10-3-4-11-18(17)21-13-12-19(22)16-9-5-7-14-6-1-2-8-15(14)16/h1-13,21H/b13-12+. The van der Waals surface area contributed by atoms with Crippen LogP contribution in [0.25, 0.3) is 10.8 Å². The van der Waals surface area contributed by atoms with Crippen LogP contribution in [0.4, 0.5) is 10.1 Å². The summed E-state index contributed by atoms with van der Waals surface area (Å²) in [5.41, 5.74) is 0.967. The summed E-state index contributed by atoms with van der Waals surface area (Å²) in [5.74, 6) is -0.481. The Bertz CT molecular complexity index is 849. The second-order valence-corrected chi connectivity index (χ2v) is 4.85. The highest BCUT2D eigenvalue weighted by atomic mass is 19.1. The zero-order chi connectivity index (χ0) is 15.4. The van der Waals surface area contributed by atoms with Gasteiger partial charge >= 0.3 is 0 Å². The summed E-state index contributed by atoms with van der Waals surface area (Å²) < 4.78 is 13.5. The van der Waals surface area contributed by atoms with E-state index < -0.39 is 0 Å². The van der Waals surface area contributed by atoms with Crippen molar-refractivity contribution < 1.29 is 9.18 Å². The van der Waals surface area contributed by atoms with Gasteiger partial charge < -0.3 is 5.32 Å². The average Bonchev–Trinajstić information content (AvgIpc) is 2.56. The third kappa shape index (κ3) is 2.88. The fourth-order valence-corrected chi connectivity index (χ4v) is 2.32. The largest absolute Gasteiger partial charge is 0.359 e. The first-order valence-corrected chi connectivity index (χ1v) is 6.95. The van der Waals surface area contributed by atoms with Crippen molar-refractivity contribution in [1.82, 2.24) is 0 Å². The summed E-state index contributed by atoms with van der Waals surface area (Å²) >= 11 is 0. The van der Waals surface area contributed by atoms with Gasteiger partial charge in [0, 0.05) is 17.8 Å². The van der Waals surface area contributed by atoms with Gasteiger partial charge in [-0.25, -0.2) is 4.39 Å². The van der Waals surface area contributed by atoms with Crippen LogP contribution in [0, 0.1) is 5.82 Å². The molecule has 3 aromatic carbocycles. The molecule has 0 amide bonds. The van der Waals surface area contributed by atoms with Crippen LogP contribution in [0.1, 0.15) is 10.4 Å². The molecule has 0 saturated carbocycles. The predicted octanol–water partition coefficient (Wildman–Crippen LogP) is 4.79. The van der Waals surface area contributed by atoms with E-state index in [9.17, 15) is 9.18 Å². The van der Waals surface area contributed by atoms with Gasteiger partial charge in [-0.15, -0.1) is 0 Å². The number of carbonyl (C=O) groups excluding carboxylic acids is 1. The molecule has 0 saturated heterocycles. The molecular weight excluding hydrogens is 277 g/mol. The maximum Gasteiger partial charge on any atom is 0.187 e. The van der Waals surface area contributed by atoms with Crippen LogP contribution in [-0.4, -0.2) is 5.78 Å². The maximum absolute atomic E-state index is 13.5. The summed E-state index contributed by atoms with van der Waals surface area (Å²) in [4.78, 5) is 12.3. The summed E-state index contributed by atoms with van der Waals surface area (Å²) in [6.45, 7) is 0. The lowest BCUT2D eigenvalue weighted by molar-refractivity contribution is 0.104. The molecule has 0 fully saturated rings. The van der Waals surface area contributed by atoms with Crippen LogP contribution < -0.4 is 5.32 Å². The van der Waals surface area contributed by atoms with Crippen molar-refractivity contribution in [2.45, 2.75) is 0 Å². The van der Waals surface area contributed by atoms with Gasteiger partial charge in [0.2, 0.25) is 0 Å². The number of allylic oxidation sites excluding steroid dienone is 1. The number of fused-ring (bicyclic) bond motifs is 1.